The van der Waals surface area contributed by atoms with E-state index in [4.69, 9.17) is 4.74 Å². The first-order valence-corrected chi connectivity index (χ1v) is 12.2. The summed E-state index contributed by atoms with van der Waals surface area (Å²) in [7, 11) is 0. The van der Waals surface area contributed by atoms with Crippen molar-refractivity contribution in [2.45, 2.75) is 53.1 Å². The summed E-state index contributed by atoms with van der Waals surface area (Å²) in [5.74, 6) is 0.301. The molecule has 3 aromatic carbocycles. The summed E-state index contributed by atoms with van der Waals surface area (Å²) in [6.07, 6.45) is 1.25. The average Bonchev–Trinajstić information content (AvgIpc) is 2.85. The standard InChI is InChI=1S/C30H36N2O3/c1-5-17-31-30(34)27(19-25-9-7-6-8-10-25)32(20-26-14-11-22(2)12-15-26)29(33)21-35-28-16-13-23(3)18-24(28)4/h6-16,18,27H,5,17,19-21H2,1-4H3,(H,31,34)/t27-/m0/s1. The molecule has 0 bridgehead atoms. The predicted molar refractivity (Wildman–Crippen MR) is 140 cm³/mol. The summed E-state index contributed by atoms with van der Waals surface area (Å²) < 4.78 is 5.93. The Bertz CT molecular complexity index is 1110. The van der Waals surface area contributed by atoms with Crippen LogP contribution in [0.3, 0.4) is 0 Å². The Morgan fingerprint density at radius 3 is 2.23 bits per heavy atom. The number of aryl methyl sites for hydroxylation is 3. The third kappa shape index (κ3) is 7.71. The van der Waals surface area contributed by atoms with Gasteiger partial charge in [0.1, 0.15) is 11.8 Å². The van der Waals surface area contributed by atoms with Crippen molar-refractivity contribution in [2.24, 2.45) is 0 Å². The second-order valence-corrected chi connectivity index (χ2v) is 9.06. The predicted octanol–water partition coefficient (Wildman–Crippen LogP) is 5.16. The Kier molecular flexibility index (Phi) is 9.47. The van der Waals surface area contributed by atoms with Crippen LogP contribution >= 0.6 is 0 Å². The van der Waals surface area contributed by atoms with Crippen LogP contribution in [0.4, 0.5) is 0 Å². The Labute approximate surface area is 209 Å². The summed E-state index contributed by atoms with van der Waals surface area (Å²) in [4.78, 5) is 28.6. The van der Waals surface area contributed by atoms with Crippen molar-refractivity contribution in [3.05, 3.63) is 101 Å². The summed E-state index contributed by atoms with van der Waals surface area (Å²) >= 11 is 0. The fourth-order valence-electron chi connectivity index (χ4n) is 3.99. The molecule has 0 spiro atoms. The minimum atomic E-state index is -0.652. The minimum Gasteiger partial charge on any atom is -0.483 e. The molecule has 0 saturated carbocycles. The molecule has 0 fully saturated rings. The van der Waals surface area contributed by atoms with Gasteiger partial charge in [-0.15, -0.1) is 0 Å². The normalized spacial score (nSPS) is 11.5. The van der Waals surface area contributed by atoms with Crippen LogP contribution in [0.5, 0.6) is 5.75 Å². The molecule has 3 rings (SSSR count). The number of hydrogen-bond acceptors (Lipinski definition) is 3. The second-order valence-electron chi connectivity index (χ2n) is 9.06. The number of ether oxygens (including phenoxy) is 1. The minimum absolute atomic E-state index is 0.137. The maximum atomic E-state index is 13.6. The van der Waals surface area contributed by atoms with E-state index in [-0.39, 0.29) is 18.4 Å². The van der Waals surface area contributed by atoms with Gasteiger partial charge in [-0.1, -0.05) is 84.8 Å². The van der Waals surface area contributed by atoms with E-state index in [1.54, 1.807) is 4.90 Å². The molecule has 3 aromatic rings. The Hall–Kier alpha value is -3.60. The molecular formula is C30H36N2O3. The van der Waals surface area contributed by atoms with E-state index in [0.29, 0.717) is 25.3 Å². The van der Waals surface area contributed by atoms with Gasteiger partial charge in [0.05, 0.1) is 0 Å². The van der Waals surface area contributed by atoms with Crippen molar-refractivity contribution in [3.63, 3.8) is 0 Å². The van der Waals surface area contributed by atoms with Crippen LogP contribution < -0.4 is 10.1 Å². The van der Waals surface area contributed by atoms with Gasteiger partial charge in [-0.3, -0.25) is 9.59 Å². The topological polar surface area (TPSA) is 58.6 Å². The number of nitrogens with zero attached hydrogens (tertiary/aromatic N) is 1. The molecule has 35 heavy (non-hydrogen) atoms. The fraction of sp³-hybridized carbons (Fsp3) is 0.333. The van der Waals surface area contributed by atoms with Crippen molar-refractivity contribution in [2.75, 3.05) is 13.2 Å². The number of carbonyl (C=O) groups excluding carboxylic acids is 2. The van der Waals surface area contributed by atoms with E-state index >= 15 is 0 Å². The highest BCUT2D eigenvalue weighted by molar-refractivity contribution is 5.88. The van der Waals surface area contributed by atoms with Gasteiger partial charge in [0.2, 0.25) is 5.91 Å². The Morgan fingerprint density at radius 2 is 1.57 bits per heavy atom. The molecule has 5 heteroatoms. The van der Waals surface area contributed by atoms with E-state index in [9.17, 15) is 9.59 Å². The molecule has 0 aliphatic heterocycles. The second kappa shape index (κ2) is 12.7. The lowest BCUT2D eigenvalue weighted by molar-refractivity contribution is -0.142. The lowest BCUT2D eigenvalue weighted by atomic mass is 10.0. The first kappa shape index (κ1) is 26.0. The number of rotatable bonds is 11. The number of benzene rings is 3. The number of carbonyl (C=O) groups is 2. The zero-order chi connectivity index (χ0) is 25.2. The number of hydrogen-bond donors (Lipinski definition) is 1. The molecule has 0 aliphatic carbocycles. The van der Waals surface area contributed by atoms with Gasteiger partial charge in [-0.25, -0.2) is 0 Å². The Morgan fingerprint density at radius 1 is 0.886 bits per heavy atom. The summed E-state index contributed by atoms with van der Waals surface area (Å²) in [6, 6.07) is 23.1. The third-order valence-corrected chi connectivity index (χ3v) is 5.98. The maximum Gasteiger partial charge on any atom is 0.261 e. The maximum absolute atomic E-state index is 13.6. The van der Waals surface area contributed by atoms with Gasteiger partial charge in [-0.2, -0.15) is 0 Å². The zero-order valence-corrected chi connectivity index (χ0v) is 21.2. The highest BCUT2D eigenvalue weighted by Crippen LogP contribution is 2.20. The fourth-order valence-corrected chi connectivity index (χ4v) is 3.99. The number of amides is 2. The first-order valence-electron chi connectivity index (χ1n) is 12.2. The van der Waals surface area contributed by atoms with Gasteiger partial charge in [0.25, 0.3) is 5.91 Å². The molecule has 0 aromatic heterocycles. The summed E-state index contributed by atoms with van der Waals surface area (Å²) in [5, 5.41) is 3.00. The van der Waals surface area contributed by atoms with E-state index < -0.39 is 6.04 Å². The van der Waals surface area contributed by atoms with Gasteiger partial charge in [0.15, 0.2) is 6.61 Å². The van der Waals surface area contributed by atoms with Crippen molar-refractivity contribution in [1.82, 2.24) is 10.2 Å². The van der Waals surface area contributed by atoms with Crippen molar-refractivity contribution in [3.8, 4) is 5.75 Å². The number of nitrogens with one attached hydrogen (secondary N) is 1. The molecule has 2 amide bonds. The molecule has 0 radical (unpaired) electrons. The van der Waals surface area contributed by atoms with E-state index in [2.05, 4.69) is 5.32 Å². The van der Waals surface area contributed by atoms with Gasteiger partial charge in [-0.05, 0) is 49.9 Å². The van der Waals surface area contributed by atoms with Gasteiger partial charge < -0.3 is 15.0 Å². The highest BCUT2D eigenvalue weighted by atomic mass is 16.5. The summed E-state index contributed by atoms with van der Waals surface area (Å²) in [5.41, 5.74) is 5.23. The van der Waals surface area contributed by atoms with Crippen molar-refractivity contribution >= 4 is 11.8 Å². The quantitative estimate of drug-likeness (QED) is 0.420. The van der Waals surface area contributed by atoms with Crippen LogP contribution in [0.25, 0.3) is 0 Å². The molecule has 1 atom stereocenters. The van der Waals surface area contributed by atoms with Crippen LogP contribution in [-0.2, 0) is 22.6 Å². The smallest absolute Gasteiger partial charge is 0.261 e. The molecule has 0 saturated heterocycles. The van der Waals surface area contributed by atoms with E-state index in [0.717, 1.165) is 34.2 Å². The monoisotopic (exact) mass is 472 g/mol. The van der Waals surface area contributed by atoms with E-state index in [1.165, 1.54) is 0 Å². The van der Waals surface area contributed by atoms with Crippen LogP contribution in [-0.4, -0.2) is 35.9 Å². The average molecular weight is 473 g/mol. The highest BCUT2D eigenvalue weighted by Gasteiger charge is 2.30. The molecule has 0 heterocycles. The first-order chi connectivity index (χ1) is 16.9. The molecule has 184 valence electrons. The lowest BCUT2D eigenvalue weighted by Gasteiger charge is -2.31. The largest absolute Gasteiger partial charge is 0.483 e. The van der Waals surface area contributed by atoms with Crippen LogP contribution in [0, 0.1) is 20.8 Å². The van der Waals surface area contributed by atoms with Crippen LogP contribution in [0.15, 0.2) is 72.8 Å². The van der Waals surface area contributed by atoms with Crippen molar-refractivity contribution in [1.29, 1.82) is 0 Å². The molecule has 0 unspecified atom stereocenters. The molecule has 0 aliphatic rings. The molecular weight excluding hydrogens is 436 g/mol. The van der Waals surface area contributed by atoms with Crippen molar-refractivity contribution < 1.29 is 14.3 Å². The SMILES string of the molecule is CCCNC(=O)[C@H](Cc1ccccc1)N(Cc1ccc(C)cc1)C(=O)COc1ccc(C)cc1C. The third-order valence-electron chi connectivity index (χ3n) is 5.98. The van der Waals surface area contributed by atoms with E-state index in [1.807, 2.05) is 100 Å². The molecule has 1 N–H and O–H groups in total. The van der Waals surface area contributed by atoms with Gasteiger partial charge in [0, 0.05) is 19.5 Å². The van der Waals surface area contributed by atoms with Crippen LogP contribution in [0.1, 0.15) is 41.2 Å². The Balaban J connectivity index is 1.89. The van der Waals surface area contributed by atoms with Crippen LogP contribution in [0.2, 0.25) is 0 Å². The zero-order valence-electron chi connectivity index (χ0n) is 21.2. The van der Waals surface area contributed by atoms with Gasteiger partial charge >= 0.3 is 0 Å². The lowest BCUT2D eigenvalue weighted by Crippen LogP contribution is -2.51. The molecule has 5 nitrogen and oxygen atoms in total. The summed E-state index contributed by atoms with van der Waals surface area (Å²) in [6.45, 7) is 8.78.